The maximum Gasteiger partial charge on any atom is 0.126 e. The molecule has 1 saturated heterocycles. The van der Waals surface area contributed by atoms with E-state index in [0.29, 0.717) is 6.04 Å². The zero-order valence-corrected chi connectivity index (χ0v) is 13.7. The number of nitrogens with one attached hydrogen (secondary N) is 1. The second-order valence-corrected chi connectivity index (χ2v) is 7.04. The van der Waals surface area contributed by atoms with E-state index in [4.69, 9.17) is 4.74 Å². The largest absolute Gasteiger partial charge is 0.496 e. The van der Waals surface area contributed by atoms with Crippen molar-refractivity contribution in [3.8, 4) is 5.75 Å². The van der Waals surface area contributed by atoms with Gasteiger partial charge in [-0.05, 0) is 54.8 Å². The normalized spacial score (nSPS) is 19.9. The molecule has 1 unspecified atom stereocenters. The summed E-state index contributed by atoms with van der Waals surface area (Å²) in [4.78, 5) is 0. The summed E-state index contributed by atoms with van der Waals surface area (Å²) in [6.45, 7) is 10.1. The predicted octanol–water partition coefficient (Wildman–Crippen LogP) is 3.99. The first kappa shape index (κ1) is 15.4. The van der Waals surface area contributed by atoms with Gasteiger partial charge in [-0.2, -0.15) is 0 Å². The van der Waals surface area contributed by atoms with Crippen LogP contribution < -0.4 is 10.1 Å². The van der Waals surface area contributed by atoms with Gasteiger partial charge in [0.05, 0.1) is 7.11 Å². The molecule has 1 fully saturated rings. The lowest BCUT2D eigenvalue weighted by molar-refractivity contribution is 0.372. The zero-order chi connectivity index (χ0) is 14.8. The topological polar surface area (TPSA) is 21.3 Å². The third-order valence-electron chi connectivity index (χ3n) is 4.37. The van der Waals surface area contributed by atoms with Crippen LogP contribution in [0.25, 0.3) is 0 Å². The minimum Gasteiger partial charge on any atom is -0.496 e. The highest BCUT2D eigenvalue weighted by Gasteiger charge is 2.24. The highest BCUT2D eigenvalue weighted by atomic mass is 16.5. The van der Waals surface area contributed by atoms with Crippen LogP contribution in [0.5, 0.6) is 5.75 Å². The third kappa shape index (κ3) is 3.35. The quantitative estimate of drug-likeness (QED) is 0.900. The third-order valence-corrected chi connectivity index (χ3v) is 4.37. The van der Waals surface area contributed by atoms with Gasteiger partial charge in [-0.15, -0.1) is 0 Å². The first-order valence-corrected chi connectivity index (χ1v) is 7.84. The van der Waals surface area contributed by atoms with Crippen LogP contribution in [0.4, 0.5) is 0 Å². The van der Waals surface area contributed by atoms with E-state index in [0.717, 1.165) is 18.7 Å². The van der Waals surface area contributed by atoms with Crippen molar-refractivity contribution in [2.24, 2.45) is 0 Å². The molecule has 0 radical (unpaired) electrons. The van der Waals surface area contributed by atoms with E-state index in [1.165, 1.54) is 36.0 Å². The molecule has 0 aliphatic carbocycles. The van der Waals surface area contributed by atoms with Crippen molar-refractivity contribution < 1.29 is 4.74 Å². The minimum absolute atomic E-state index is 0.119. The highest BCUT2D eigenvalue weighted by molar-refractivity contribution is 5.49. The Balaban J connectivity index is 2.34. The summed E-state index contributed by atoms with van der Waals surface area (Å²) in [5.74, 6) is 1.10. The zero-order valence-electron chi connectivity index (χ0n) is 13.7. The van der Waals surface area contributed by atoms with Crippen molar-refractivity contribution in [1.29, 1.82) is 0 Å². The van der Waals surface area contributed by atoms with Crippen molar-refractivity contribution in [3.63, 3.8) is 0 Å². The van der Waals surface area contributed by atoms with Gasteiger partial charge < -0.3 is 10.1 Å². The molecular weight excluding hydrogens is 246 g/mol. The van der Waals surface area contributed by atoms with Crippen molar-refractivity contribution in [1.82, 2.24) is 5.32 Å². The van der Waals surface area contributed by atoms with E-state index in [9.17, 15) is 0 Å². The Morgan fingerprint density at radius 2 is 2.00 bits per heavy atom. The molecule has 1 aliphatic heterocycles. The monoisotopic (exact) mass is 275 g/mol. The SMILES string of the molecule is COc1c(C(C)(C)C)ccc(C)c1CC1CCCCN1. The smallest absolute Gasteiger partial charge is 0.126 e. The molecule has 1 N–H and O–H groups in total. The fourth-order valence-corrected chi connectivity index (χ4v) is 3.15. The van der Waals surface area contributed by atoms with E-state index in [-0.39, 0.29) is 5.41 Å². The Morgan fingerprint density at radius 3 is 2.55 bits per heavy atom. The van der Waals surface area contributed by atoms with E-state index < -0.39 is 0 Å². The lowest BCUT2D eigenvalue weighted by Gasteiger charge is -2.28. The molecule has 1 atom stereocenters. The minimum atomic E-state index is 0.119. The first-order valence-electron chi connectivity index (χ1n) is 7.84. The predicted molar refractivity (Wildman–Crippen MR) is 85.8 cm³/mol. The van der Waals surface area contributed by atoms with Crippen molar-refractivity contribution in [2.75, 3.05) is 13.7 Å². The molecule has 0 spiro atoms. The van der Waals surface area contributed by atoms with Gasteiger partial charge in [-0.1, -0.05) is 39.3 Å². The highest BCUT2D eigenvalue weighted by Crippen LogP contribution is 2.36. The van der Waals surface area contributed by atoms with Crippen molar-refractivity contribution >= 4 is 0 Å². The number of methoxy groups -OCH3 is 1. The summed E-state index contributed by atoms with van der Waals surface area (Å²) in [6, 6.07) is 5.08. The number of hydrogen-bond acceptors (Lipinski definition) is 2. The van der Waals surface area contributed by atoms with Gasteiger partial charge >= 0.3 is 0 Å². The lowest BCUT2D eigenvalue weighted by Crippen LogP contribution is -2.36. The molecule has 0 amide bonds. The summed E-state index contributed by atoms with van der Waals surface area (Å²) in [5.41, 5.74) is 4.17. The summed E-state index contributed by atoms with van der Waals surface area (Å²) >= 11 is 0. The van der Waals surface area contributed by atoms with Crippen molar-refractivity contribution in [2.45, 2.75) is 64.8 Å². The van der Waals surface area contributed by atoms with Gasteiger partial charge in [-0.25, -0.2) is 0 Å². The van der Waals surface area contributed by atoms with E-state index in [2.05, 4.69) is 45.1 Å². The van der Waals surface area contributed by atoms with Crippen LogP contribution in [0, 0.1) is 6.92 Å². The summed E-state index contributed by atoms with van der Waals surface area (Å²) in [5, 5.41) is 3.65. The van der Waals surface area contributed by atoms with Crippen LogP contribution in [-0.2, 0) is 11.8 Å². The molecule has 0 saturated carbocycles. The van der Waals surface area contributed by atoms with Crippen LogP contribution in [-0.4, -0.2) is 19.7 Å². The maximum atomic E-state index is 5.80. The van der Waals surface area contributed by atoms with Crippen LogP contribution in [0.3, 0.4) is 0 Å². The average molecular weight is 275 g/mol. The van der Waals surface area contributed by atoms with E-state index >= 15 is 0 Å². The molecule has 20 heavy (non-hydrogen) atoms. The number of ether oxygens (including phenoxy) is 1. The van der Waals surface area contributed by atoms with E-state index in [1.807, 2.05) is 7.11 Å². The molecule has 2 heteroatoms. The number of aryl methyl sites for hydroxylation is 1. The van der Waals surface area contributed by atoms with Crippen LogP contribution in [0.15, 0.2) is 12.1 Å². The van der Waals surface area contributed by atoms with Gasteiger partial charge in [0.25, 0.3) is 0 Å². The first-order chi connectivity index (χ1) is 9.43. The molecule has 1 heterocycles. The molecule has 1 aromatic rings. The Kier molecular flexibility index (Phi) is 4.74. The second kappa shape index (κ2) is 6.17. The van der Waals surface area contributed by atoms with Crippen LogP contribution in [0.2, 0.25) is 0 Å². The Labute approximate surface area is 123 Å². The Bertz CT molecular complexity index is 453. The fourth-order valence-electron chi connectivity index (χ4n) is 3.15. The second-order valence-electron chi connectivity index (χ2n) is 7.04. The van der Waals surface area contributed by atoms with Gasteiger partial charge in [0, 0.05) is 6.04 Å². The standard InChI is InChI=1S/C18H29NO/c1-13-9-10-16(18(2,3)4)17(20-5)15(13)12-14-8-6-7-11-19-14/h9-10,14,19H,6-8,11-12H2,1-5H3. The number of rotatable bonds is 3. The lowest BCUT2D eigenvalue weighted by atomic mass is 9.82. The average Bonchev–Trinajstić information content (AvgIpc) is 2.40. The molecule has 1 aromatic carbocycles. The van der Waals surface area contributed by atoms with Crippen LogP contribution in [0.1, 0.15) is 56.7 Å². The Morgan fingerprint density at radius 1 is 1.25 bits per heavy atom. The molecule has 0 bridgehead atoms. The van der Waals surface area contributed by atoms with Crippen LogP contribution >= 0.6 is 0 Å². The van der Waals surface area contributed by atoms with Crippen molar-refractivity contribution in [3.05, 3.63) is 28.8 Å². The summed E-state index contributed by atoms with van der Waals surface area (Å²) < 4.78 is 5.80. The van der Waals surface area contributed by atoms with Gasteiger partial charge in [0.1, 0.15) is 5.75 Å². The van der Waals surface area contributed by atoms with Gasteiger partial charge in [0.15, 0.2) is 0 Å². The van der Waals surface area contributed by atoms with Gasteiger partial charge in [0.2, 0.25) is 0 Å². The molecule has 0 aromatic heterocycles. The fraction of sp³-hybridized carbons (Fsp3) is 0.667. The summed E-state index contributed by atoms with van der Waals surface area (Å²) in [6.07, 6.45) is 5.02. The molecular formula is C18H29NO. The number of hydrogen-bond donors (Lipinski definition) is 1. The Hall–Kier alpha value is -1.02. The van der Waals surface area contributed by atoms with E-state index in [1.54, 1.807) is 0 Å². The molecule has 1 aliphatic rings. The molecule has 2 rings (SSSR count). The number of benzene rings is 1. The maximum absolute atomic E-state index is 5.80. The number of piperidine rings is 1. The summed E-state index contributed by atoms with van der Waals surface area (Å²) in [7, 11) is 1.81. The molecule has 112 valence electrons. The van der Waals surface area contributed by atoms with Gasteiger partial charge in [-0.3, -0.25) is 0 Å². The molecule has 2 nitrogen and oxygen atoms in total.